The number of aliphatic imine (C=N–C) groups is 1. The maximum atomic E-state index is 6.00. The number of nitrogens with two attached hydrogens (primary N) is 1. The summed E-state index contributed by atoms with van der Waals surface area (Å²) in [6.07, 6.45) is 2.09. The van der Waals surface area contributed by atoms with Gasteiger partial charge in [-0.15, -0.1) is 0 Å². The van der Waals surface area contributed by atoms with Crippen molar-refractivity contribution in [3.63, 3.8) is 0 Å². The van der Waals surface area contributed by atoms with Crippen molar-refractivity contribution in [2.24, 2.45) is 16.6 Å². The fourth-order valence-corrected chi connectivity index (χ4v) is 2.75. The number of guanidine groups is 1. The van der Waals surface area contributed by atoms with Gasteiger partial charge >= 0.3 is 0 Å². The third kappa shape index (κ3) is 8.06. The summed E-state index contributed by atoms with van der Waals surface area (Å²) >= 11 is 0. The lowest BCUT2D eigenvalue weighted by atomic mass is 10.1. The number of nitrogens with one attached hydrogen (secondary N) is 1. The summed E-state index contributed by atoms with van der Waals surface area (Å²) in [5.41, 5.74) is 7.06. The van der Waals surface area contributed by atoms with Crippen LogP contribution in [0.4, 0.5) is 0 Å². The number of hydrogen-bond donors (Lipinski definition) is 2. The summed E-state index contributed by atoms with van der Waals surface area (Å²) in [6.45, 7) is 11.3. The summed E-state index contributed by atoms with van der Waals surface area (Å²) in [4.78, 5) is 6.87. The van der Waals surface area contributed by atoms with Crippen LogP contribution >= 0.6 is 0 Å². The molecule has 0 saturated carbocycles. The van der Waals surface area contributed by atoms with Gasteiger partial charge in [-0.25, -0.2) is 4.99 Å². The molecule has 2 rings (SSSR count). The molecule has 0 radical (unpaired) electrons. The molecule has 0 unspecified atom stereocenters. The van der Waals surface area contributed by atoms with Crippen LogP contribution in [0, 0.1) is 5.92 Å². The maximum Gasteiger partial charge on any atom is 0.188 e. The number of nitrogens with zero attached hydrogens (tertiary/aromatic N) is 2. The van der Waals surface area contributed by atoms with Gasteiger partial charge in [0.05, 0.1) is 26.4 Å². The van der Waals surface area contributed by atoms with Crippen LogP contribution in [-0.4, -0.2) is 56.9 Å². The Kier molecular flexibility index (Phi) is 9.28. The lowest BCUT2D eigenvalue weighted by molar-refractivity contribution is 0.0376. The Labute approximate surface area is 157 Å². The minimum absolute atomic E-state index is 0.490. The van der Waals surface area contributed by atoms with Crippen molar-refractivity contribution in [2.75, 3.05) is 46.0 Å². The summed E-state index contributed by atoms with van der Waals surface area (Å²) < 4.78 is 11.3. The Balaban J connectivity index is 1.70. The Morgan fingerprint density at radius 3 is 2.85 bits per heavy atom. The van der Waals surface area contributed by atoms with E-state index < -0.39 is 0 Å². The van der Waals surface area contributed by atoms with Crippen molar-refractivity contribution < 1.29 is 9.47 Å². The Bertz CT molecular complexity index is 542. The second kappa shape index (κ2) is 11.8. The molecule has 1 heterocycles. The molecule has 1 saturated heterocycles. The topological polar surface area (TPSA) is 72.1 Å². The lowest BCUT2D eigenvalue weighted by Crippen LogP contribution is -2.39. The number of para-hydroxylation sites is 1. The van der Waals surface area contributed by atoms with Crippen LogP contribution < -0.4 is 15.8 Å². The molecule has 1 aromatic carbocycles. The number of benzene rings is 1. The van der Waals surface area contributed by atoms with E-state index in [1.54, 1.807) is 0 Å². The van der Waals surface area contributed by atoms with Crippen LogP contribution in [0.25, 0.3) is 0 Å². The second-order valence-corrected chi connectivity index (χ2v) is 7.07. The first-order valence-electron chi connectivity index (χ1n) is 9.69. The first kappa shape index (κ1) is 20.5. The monoisotopic (exact) mass is 362 g/mol. The molecule has 0 aliphatic carbocycles. The third-order valence-electron chi connectivity index (χ3n) is 4.41. The number of morpholine rings is 1. The van der Waals surface area contributed by atoms with Crippen molar-refractivity contribution in [1.29, 1.82) is 0 Å². The maximum absolute atomic E-state index is 6.00. The standard InChI is InChI=1S/C20H34N4O2/c1-17(2)8-13-26-19-7-4-3-6-18(19)16-23-20(21)22-9-5-10-24-11-14-25-15-12-24/h3-4,6-7,17H,5,8-16H2,1-2H3,(H3,21,22,23). The minimum Gasteiger partial charge on any atom is -0.493 e. The molecule has 0 aromatic heterocycles. The zero-order chi connectivity index (χ0) is 18.6. The SMILES string of the molecule is CC(C)CCOc1ccccc1CN=C(N)NCCCN1CCOCC1. The van der Waals surface area contributed by atoms with Gasteiger partial charge in [0.1, 0.15) is 5.75 Å². The van der Waals surface area contributed by atoms with E-state index >= 15 is 0 Å². The highest BCUT2D eigenvalue weighted by atomic mass is 16.5. The molecule has 1 aromatic rings. The molecule has 1 aliphatic rings. The van der Waals surface area contributed by atoms with E-state index in [4.69, 9.17) is 15.2 Å². The normalized spacial score (nSPS) is 16.0. The van der Waals surface area contributed by atoms with E-state index in [0.717, 1.165) is 70.2 Å². The Morgan fingerprint density at radius 1 is 1.31 bits per heavy atom. The number of hydrogen-bond acceptors (Lipinski definition) is 4. The minimum atomic E-state index is 0.490. The third-order valence-corrected chi connectivity index (χ3v) is 4.41. The van der Waals surface area contributed by atoms with Crippen molar-refractivity contribution in [3.8, 4) is 5.75 Å². The van der Waals surface area contributed by atoms with Crippen molar-refractivity contribution >= 4 is 5.96 Å². The number of ether oxygens (including phenoxy) is 2. The van der Waals surface area contributed by atoms with Crippen LogP contribution in [0.3, 0.4) is 0 Å². The fourth-order valence-electron chi connectivity index (χ4n) is 2.75. The van der Waals surface area contributed by atoms with Crippen LogP contribution in [-0.2, 0) is 11.3 Å². The van der Waals surface area contributed by atoms with Gasteiger partial charge in [-0.2, -0.15) is 0 Å². The first-order valence-corrected chi connectivity index (χ1v) is 9.69. The summed E-state index contributed by atoms with van der Waals surface area (Å²) in [7, 11) is 0. The van der Waals surface area contributed by atoms with Gasteiger partial charge in [-0.05, 0) is 31.4 Å². The molecule has 6 heteroatoms. The van der Waals surface area contributed by atoms with Gasteiger partial charge < -0.3 is 20.5 Å². The molecule has 6 nitrogen and oxygen atoms in total. The highest BCUT2D eigenvalue weighted by Gasteiger charge is 2.09. The molecule has 26 heavy (non-hydrogen) atoms. The van der Waals surface area contributed by atoms with Crippen molar-refractivity contribution in [1.82, 2.24) is 10.2 Å². The quantitative estimate of drug-likeness (QED) is 0.379. The molecular formula is C20H34N4O2. The van der Waals surface area contributed by atoms with Gasteiger partial charge in [0.15, 0.2) is 5.96 Å². The lowest BCUT2D eigenvalue weighted by Gasteiger charge is -2.26. The average molecular weight is 363 g/mol. The van der Waals surface area contributed by atoms with E-state index in [9.17, 15) is 0 Å². The average Bonchev–Trinajstić information content (AvgIpc) is 2.65. The molecule has 146 valence electrons. The first-order chi connectivity index (χ1) is 12.6. The van der Waals surface area contributed by atoms with E-state index in [1.165, 1.54) is 0 Å². The van der Waals surface area contributed by atoms with E-state index in [1.807, 2.05) is 24.3 Å². The van der Waals surface area contributed by atoms with Crippen molar-refractivity contribution in [2.45, 2.75) is 33.2 Å². The van der Waals surface area contributed by atoms with Gasteiger partial charge in [0, 0.05) is 25.2 Å². The van der Waals surface area contributed by atoms with E-state index in [0.29, 0.717) is 18.4 Å². The summed E-state index contributed by atoms with van der Waals surface area (Å²) in [5, 5.41) is 3.20. The molecule has 0 amide bonds. The summed E-state index contributed by atoms with van der Waals surface area (Å²) in [6, 6.07) is 8.04. The van der Waals surface area contributed by atoms with Crippen LogP contribution in [0.15, 0.2) is 29.3 Å². The molecule has 0 atom stereocenters. The molecule has 0 bridgehead atoms. The Morgan fingerprint density at radius 2 is 2.08 bits per heavy atom. The van der Waals surface area contributed by atoms with Gasteiger partial charge in [-0.3, -0.25) is 4.90 Å². The van der Waals surface area contributed by atoms with Crippen molar-refractivity contribution in [3.05, 3.63) is 29.8 Å². The summed E-state index contributed by atoms with van der Waals surface area (Å²) in [5.74, 6) is 2.03. The highest BCUT2D eigenvalue weighted by molar-refractivity contribution is 5.77. The smallest absolute Gasteiger partial charge is 0.188 e. The van der Waals surface area contributed by atoms with Crippen LogP contribution in [0.2, 0.25) is 0 Å². The van der Waals surface area contributed by atoms with Crippen LogP contribution in [0.5, 0.6) is 5.75 Å². The van der Waals surface area contributed by atoms with Gasteiger partial charge in [-0.1, -0.05) is 32.0 Å². The van der Waals surface area contributed by atoms with E-state index in [2.05, 4.69) is 29.1 Å². The molecule has 1 aliphatic heterocycles. The molecule has 0 spiro atoms. The van der Waals surface area contributed by atoms with Gasteiger partial charge in [0.25, 0.3) is 0 Å². The second-order valence-electron chi connectivity index (χ2n) is 7.07. The fraction of sp³-hybridized carbons (Fsp3) is 0.650. The molecule has 1 fully saturated rings. The largest absolute Gasteiger partial charge is 0.493 e. The predicted molar refractivity (Wildman–Crippen MR) is 107 cm³/mol. The zero-order valence-electron chi connectivity index (χ0n) is 16.2. The highest BCUT2D eigenvalue weighted by Crippen LogP contribution is 2.19. The van der Waals surface area contributed by atoms with Crippen LogP contribution in [0.1, 0.15) is 32.3 Å². The van der Waals surface area contributed by atoms with Gasteiger partial charge in [0.2, 0.25) is 0 Å². The molecule has 3 N–H and O–H groups in total. The van der Waals surface area contributed by atoms with E-state index in [-0.39, 0.29) is 0 Å². The predicted octanol–water partition coefficient (Wildman–Crippen LogP) is 2.24. The Hall–Kier alpha value is -1.79. The molecular weight excluding hydrogens is 328 g/mol. The number of rotatable bonds is 10. The zero-order valence-corrected chi connectivity index (χ0v) is 16.2.